The molecular formula is C18H25NOS. The van der Waals surface area contributed by atoms with Crippen molar-refractivity contribution in [1.29, 1.82) is 0 Å². The number of thiophene rings is 1. The molecule has 0 fully saturated rings. The predicted octanol–water partition coefficient (Wildman–Crippen LogP) is 4.93. The first-order valence-electron chi connectivity index (χ1n) is 7.75. The van der Waals surface area contributed by atoms with Crippen LogP contribution in [-0.4, -0.2) is 13.2 Å². The van der Waals surface area contributed by atoms with Crippen molar-refractivity contribution in [2.45, 2.75) is 39.7 Å². The largest absolute Gasteiger partial charge is 0.494 e. The molecule has 0 aliphatic carbocycles. The van der Waals surface area contributed by atoms with Gasteiger partial charge in [0.15, 0.2) is 0 Å². The van der Waals surface area contributed by atoms with Gasteiger partial charge in [-0.2, -0.15) is 0 Å². The first-order valence-corrected chi connectivity index (χ1v) is 8.63. The van der Waals surface area contributed by atoms with E-state index in [1.54, 1.807) is 0 Å². The maximum Gasteiger partial charge on any atom is 0.119 e. The molecule has 0 saturated heterocycles. The fraction of sp³-hybridized carbons (Fsp3) is 0.444. The summed E-state index contributed by atoms with van der Waals surface area (Å²) in [6.45, 7) is 8.27. The van der Waals surface area contributed by atoms with Gasteiger partial charge in [0.2, 0.25) is 0 Å². The number of nitrogens with one attached hydrogen (secondary N) is 1. The molecule has 2 rings (SSSR count). The molecular weight excluding hydrogens is 278 g/mol. The highest BCUT2D eigenvalue weighted by Gasteiger charge is 2.15. The van der Waals surface area contributed by atoms with Crippen molar-refractivity contribution < 1.29 is 4.74 Å². The highest BCUT2D eigenvalue weighted by molar-refractivity contribution is 7.10. The minimum absolute atomic E-state index is 0.250. The molecule has 1 aromatic heterocycles. The number of benzene rings is 1. The van der Waals surface area contributed by atoms with Crippen LogP contribution in [-0.2, 0) is 0 Å². The Morgan fingerprint density at radius 2 is 2.00 bits per heavy atom. The van der Waals surface area contributed by atoms with E-state index in [9.17, 15) is 0 Å². The Balaban J connectivity index is 2.23. The van der Waals surface area contributed by atoms with Crippen LogP contribution in [0.4, 0.5) is 0 Å². The van der Waals surface area contributed by atoms with Gasteiger partial charge in [-0.05, 0) is 61.0 Å². The average molecular weight is 303 g/mol. The minimum Gasteiger partial charge on any atom is -0.494 e. The maximum absolute atomic E-state index is 5.77. The van der Waals surface area contributed by atoms with Crippen LogP contribution in [0.15, 0.2) is 35.7 Å². The molecule has 0 saturated carbocycles. The van der Waals surface area contributed by atoms with Crippen LogP contribution in [0.2, 0.25) is 0 Å². The van der Waals surface area contributed by atoms with E-state index in [0.29, 0.717) is 0 Å². The molecule has 2 aromatic rings. The van der Waals surface area contributed by atoms with Gasteiger partial charge in [-0.3, -0.25) is 0 Å². The van der Waals surface area contributed by atoms with Crippen LogP contribution in [0.25, 0.3) is 0 Å². The molecule has 0 bridgehead atoms. The molecule has 1 unspecified atom stereocenters. The third-order valence-electron chi connectivity index (χ3n) is 3.35. The second kappa shape index (κ2) is 8.20. The van der Waals surface area contributed by atoms with E-state index in [1.165, 1.54) is 16.0 Å². The van der Waals surface area contributed by atoms with Crippen LogP contribution in [0, 0.1) is 6.92 Å². The quantitative estimate of drug-likeness (QED) is 0.746. The molecule has 1 aromatic carbocycles. The number of hydrogen-bond donors (Lipinski definition) is 1. The molecule has 1 heterocycles. The lowest BCUT2D eigenvalue weighted by Crippen LogP contribution is -2.22. The van der Waals surface area contributed by atoms with E-state index in [4.69, 9.17) is 4.74 Å². The van der Waals surface area contributed by atoms with Crippen molar-refractivity contribution in [3.63, 3.8) is 0 Å². The van der Waals surface area contributed by atoms with Crippen molar-refractivity contribution in [2.75, 3.05) is 13.2 Å². The zero-order valence-corrected chi connectivity index (χ0v) is 14.0. The molecule has 114 valence electrons. The third kappa shape index (κ3) is 4.58. The van der Waals surface area contributed by atoms with Crippen LogP contribution in [0.3, 0.4) is 0 Å². The van der Waals surface area contributed by atoms with Crippen LogP contribution in [0.1, 0.15) is 48.7 Å². The molecule has 21 heavy (non-hydrogen) atoms. The van der Waals surface area contributed by atoms with Gasteiger partial charge in [0.1, 0.15) is 5.75 Å². The second-order valence-electron chi connectivity index (χ2n) is 5.30. The highest BCUT2D eigenvalue weighted by atomic mass is 32.1. The summed E-state index contributed by atoms with van der Waals surface area (Å²) in [6.07, 6.45) is 2.16. The first kappa shape index (κ1) is 16.1. The monoisotopic (exact) mass is 303 g/mol. The average Bonchev–Trinajstić information content (AvgIpc) is 2.92. The van der Waals surface area contributed by atoms with E-state index in [0.717, 1.165) is 31.7 Å². The molecule has 3 heteroatoms. The van der Waals surface area contributed by atoms with Gasteiger partial charge in [-0.15, -0.1) is 11.3 Å². The van der Waals surface area contributed by atoms with Gasteiger partial charge in [0.05, 0.1) is 12.6 Å². The van der Waals surface area contributed by atoms with Crippen LogP contribution in [0.5, 0.6) is 5.75 Å². The second-order valence-corrected chi connectivity index (χ2v) is 6.41. The zero-order chi connectivity index (χ0) is 15.1. The van der Waals surface area contributed by atoms with E-state index >= 15 is 0 Å². The summed E-state index contributed by atoms with van der Waals surface area (Å²) >= 11 is 1.81. The number of hydrogen-bond acceptors (Lipinski definition) is 3. The Hall–Kier alpha value is -1.32. The molecule has 0 aliphatic rings. The normalized spacial score (nSPS) is 12.3. The zero-order valence-electron chi connectivity index (χ0n) is 13.2. The summed E-state index contributed by atoms with van der Waals surface area (Å²) in [7, 11) is 0. The van der Waals surface area contributed by atoms with Crippen molar-refractivity contribution in [3.8, 4) is 5.75 Å². The lowest BCUT2D eigenvalue weighted by Gasteiger charge is -2.19. The molecule has 0 radical (unpaired) electrons. The van der Waals surface area contributed by atoms with E-state index in [1.807, 2.05) is 17.4 Å². The molecule has 0 amide bonds. The van der Waals surface area contributed by atoms with E-state index in [-0.39, 0.29) is 6.04 Å². The Morgan fingerprint density at radius 1 is 1.14 bits per heavy atom. The van der Waals surface area contributed by atoms with Crippen molar-refractivity contribution >= 4 is 11.3 Å². The summed E-state index contributed by atoms with van der Waals surface area (Å²) in [4.78, 5) is 1.35. The lowest BCUT2D eigenvalue weighted by molar-refractivity contribution is 0.317. The molecule has 0 aliphatic heterocycles. The first-order chi connectivity index (χ1) is 10.2. The van der Waals surface area contributed by atoms with Gasteiger partial charge < -0.3 is 10.1 Å². The Morgan fingerprint density at radius 3 is 2.67 bits per heavy atom. The standard InChI is InChI=1S/C18H25NOS/c1-4-9-19-18(16-11-14(3)21-13-16)15-7-6-8-17(12-15)20-10-5-2/h6-8,11-13,18-19H,4-5,9-10H2,1-3H3. The van der Waals surface area contributed by atoms with Crippen LogP contribution < -0.4 is 10.1 Å². The van der Waals surface area contributed by atoms with E-state index in [2.05, 4.69) is 55.7 Å². The SMILES string of the molecule is CCCNC(c1cccc(OCCC)c1)c1csc(C)c1. The summed E-state index contributed by atoms with van der Waals surface area (Å²) < 4.78 is 5.77. The lowest BCUT2D eigenvalue weighted by atomic mass is 10.0. The minimum atomic E-state index is 0.250. The topological polar surface area (TPSA) is 21.3 Å². The van der Waals surface area contributed by atoms with Crippen molar-refractivity contribution in [3.05, 3.63) is 51.7 Å². The molecule has 1 N–H and O–H groups in total. The Kier molecular flexibility index (Phi) is 6.27. The summed E-state index contributed by atoms with van der Waals surface area (Å²) in [5, 5.41) is 5.90. The molecule has 2 nitrogen and oxygen atoms in total. The predicted molar refractivity (Wildman–Crippen MR) is 91.4 cm³/mol. The van der Waals surface area contributed by atoms with Gasteiger partial charge >= 0.3 is 0 Å². The smallest absolute Gasteiger partial charge is 0.119 e. The van der Waals surface area contributed by atoms with Crippen LogP contribution >= 0.6 is 11.3 Å². The van der Waals surface area contributed by atoms with Crippen molar-refractivity contribution in [1.82, 2.24) is 5.32 Å². The van der Waals surface area contributed by atoms with Gasteiger partial charge in [-0.1, -0.05) is 26.0 Å². The molecule has 1 atom stereocenters. The van der Waals surface area contributed by atoms with Gasteiger partial charge in [0.25, 0.3) is 0 Å². The van der Waals surface area contributed by atoms with E-state index < -0.39 is 0 Å². The Bertz CT molecular complexity index is 550. The summed E-state index contributed by atoms with van der Waals surface area (Å²) in [5.74, 6) is 0.963. The summed E-state index contributed by atoms with van der Waals surface area (Å²) in [5.41, 5.74) is 2.62. The Labute approximate surface area is 132 Å². The summed E-state index contributed by atoms with van der Waals surface area (Å²) in [6, 6.07) is 11.0. The van der Waals surface area contributed by atoms with Gasteiger partial charge in [0, 0.05) is 4.88 Å². The van der Waals surface area contributed by atoms with Crippen molar-refractivity contribution in [2.24, 2.45) is 0 Å². The third-order valence-corrected chi connectivity index (χ3v) is 4.23. The fourth-order valence-electron chi connectivity index (χ4n) is 2.34. The van der Waals surface area contributed by atoms with Gasteiger partial charge in [-0.25, -0.2) is 0 Å². The maximum atomic E-state index is 5.77. The highest BCUT2D eigenvalue weighted by Crippen LogP contribution is 2.28. The number of rotatable bonds is 8. The fourth-order valence-corrected chi connectivity index (χ4v) is 3.07. The number of ether oxygens (including phenoxy) is 1. The number of aryl methyl sites for hydroxylation is 1. The molecule has 0 spiro atoms.